The van der Waals surface area contributed by atoms with Crippen LogP contribution in [0.1, 0.15) is 0 Å². The first-order valence-corrected chi connectivity index (χ1v) is 4.82. The summed E-state index contributed by atoms with van der Waals surface area (Å²) in [7, 11) is 5.04. The molecule has 84 valence electrons. The third-order valence-electron chi connectivity index (χ3n) is 2.24. The second-order valence-electron chi connectivity index (χ2n) is 3.31. The Kier molecular flexibility index (Phi) is 2.76. The Labute approximate surface area is 93.6 Å². The number of aryl methyl sites for hydroxylation is 1. The molecule has 2 rings (SSSR count). The van der Waals surface area contributed by atoms with Crippen LogP contribution in [0.15, 0.2) is 24.5 Å². The molecule has 0 aliphatic heterocycles. The van der Waals surface area contributed by atoms with Crippen LogP contribution in [0.5, 0.6) is 11.5 Å². The van der Waals surface area contributed by atoms with Gasteiger partial charge in [-0.05, 0) is 18.2 Å². The minimum atomic E-state index is 0.670. The molecule has 0 radical (unpaired) electrons. The van der Waals surface area contributed by atoms with Gasteiger partial charge in [0.1, 0.15) is 6.33 Å². The van der Waals surface area contributed by atoms with Crippen LogP contribution in [0.4, 0.5) is 0 Å². The first kappa shape index (κ1) is 10.5. The van der Waals surface area contributed by atoms with Gasteiger partial charge in [0.25, 0.3) is 0 Å². The van der Waals surface area contributed by atoms with E-state index in [1.807, 2.05) is 25.2 Å². The molecule has 16 heavy (non-hydrogen) atoms. The van der Waals surface area contributed by atoms with E-state index in [-0.39, 0.29) is 0 Å². The summed E-state index contributed by atoms with van der Waals surface area (Å²) in [6.07, 6.45) is 1.66. The molecule has 0 bridgehead atoms. The van der Waals surface area contributed by atoms with E-state index in [4.69, 9.17) is 9.47 Å². The summed E-state index contributed by atoms with van der Waals surface area (Å²) in [5.74, 6) is 2.04. The fourth-order valence-electron chi connectivity index (χ4n) is 1.45. The Morgan fingerprint density at radius 3 is 2.44 bits per heavy atom. The monoisotopic (exact) mass is 219 g/mol. The SMILES string of the molecule is COc1ccc(-c2ncn(C)n2)cc1OC. The summed E-state index contributed by atoms with van der Waals surface area (Å²) in [4.78, 5) is 4.17. The Hall–Kier alpha value is -2.04. The van der Waals surface area contributed by atoms with Crippen molar-refractivity contribution >= 4 is 0 Å². The van der Waals surface area contributed by atoms with Crippen molar-refractivity contribution in [2.75, 3.05) is 14.2 Å². The molecule has 0 aliphatic rings. The van der Waals surface area contributed by atoms with Gasteiger partial charge in [0.15, 0.2) is 17.3 Å². The van der Waals surface area contributed by atoms with Gasteiger partial charge < -0.3 is 9.47 Å². The van der Waals surface area contributed by atoms with Crippen LogP contribution >= 0.6 is 0 Å². The fraction of sp³-hybridized carbons (Fsp3) is 0.273. The van der Waals surface area contributed by atoms with Crippen LogP contribution in [0.25, 0.3) is 11.4 Å². The fourth-order valence-corrected chi connectivity index (χ4v) is 1.45. The molecule has 1 aromatic carbocycles. The van der Waals surface area contributed by atoms with Gasteiger partial charge in [-0.25, -0.2) is 4.98 Å². The molecular formula is C11H13N3O2. The highest BCUT2D eigenvalue weighted by molar-refractivity contribution is 5.60. The Balaban J connectivity index is 2.43. The number of ether oxygens (including phenoxy) is 2. The Morgan fingerprint density at radius 1 is 1.12 bits per heavy atom. The molecule has 0 saturated heterocycles. The molecule has 0 saturated carbocycles. The molecule has 0 fully saturated rings. The lowest BCUT2D eigenvalue weighted by Crippen LogP contribution is -1.92. The summed E-state index contributed by atoms with van der Waals surface area (Å²) in [6.45, 7) is 0. The third kappa shape index (κ3) is 1.84. The van der Waals surface area contributed by atoms with Crippen molar-refractivity contribution in [1.29, 1.82) is 0 Å². The highest BCUT2D eigenvalue weighted by Gasteiger charge is 2.08. The summed E-state index contributed by atoms with van der Waals surface area (Å²) in [5.41, 5.74) is 0.901. The van der Waals surface area contributed by atoms with E-state index in [2.05, 4.69) is 10.1 Å². The topological polar surface area (TPSA) is 49.2 Å². The van der Waals surface area contributed by atoms with E-state index in [1.54, 1.807) is 25.2 Å². The van der Waals surface area contributed by atoms with Crippen LogP contribution < -0.4 is 9.47 Å². The normalized spacial score (nSPS) is 10.2. The molecule has 5 heteroatoms. The zero-order valence-corrected chi connectivity index (χ0v) is 9.47. The summed E-state index contributed by atoms with van der Waals surface area (Å²) < 4.78 is 12.0. The van der Waals surface area contributed by atoms with E-state index >= 15 is 0 Å². The lowest BCUT2D eigenvalue weighted by Gasteiger charge is -2.07. The second-order valence-corrected chi connectivity index (χ2v) is 3.31. The molecule has 2 aromatic rings. The first-order chi connectivity index (χ1) is 7.74. The number of nitrogens with zero attached hydrogens (tertiary/aromatic N) is 3. The molecule has 0 unspecified atom stereocenters. The van der Waals surface area contributed by atoms with E-state index in [0.29, 0.717) is 17.3 Å². The lowest BCUT2D eigenvalue weighted by atomic mass is 10.2. The average Bonchev–Trinajstić information content (AvgIpc) is 2.75. The highest BCUT2D eigenvalue weighted by atomic mass is 16.5. The first-order valence-electron chi connectivity index (χ1n) is 4.82. The number of rotatable bonds is 3. The Bertz CT molecular complexity index is 494. The smallest absolute Gasteiger partial charge is 0.181 e. The molecule has 0 aliphatic carbocycles. The summed E-state index contributed by atoms with van der Waals surface area (Å²) in [6, 6.07) is 5.59. The number of hydrogen-bond acceptors (Lipinski definition) is 4. The molecule has 1 heterocycles. The van der Waals surface area contributed by atoms with Gasteiger partial charge in [0.05, 0.1) is 14.2 Å². The van der Waals surface area contributed by atoms with Gasteiger partial charge in [-0.2, -0.15) is 5.10 Å². The van der Waals surface area contributed by atoms with Crippen molar-refractivity contribution in [3.05, 3.63) is 24.5 Å². The predicted octanol–water partition coefficient (Wildman–Crippen LogP) is 1.50. The largest absolute Gasteiger partial charge is 0.493 e. The molecule has 0 amide bonds. The predicted molar refractivity (Wildman–Crippen MR) is 59.5 cm³/mol. The highest BCUT2D eigenvalue weighted by Crippen LogP contribution is 2.30. The van der Waals surface area contributed by atoms with Gasteiger partial charge in [-0.15, -0.1) is 0 Å². The van der Waals surface area contributed by atoms with Crippen LogP contribution in [0, 0.1) is 0 Å². The van der Waals surface area contributed by atoms with E-state index in [9.17, 15) is 0 Å². The van der Waals surface area contributed by atoms with Gasteiger partial charge in [0.2, 0.25) is 0 Å². The van der Waals surface area contributed by atoms with Crippen molar-refractivity contribution in [2.45, 2.75) is 0 Å². The van der Waals surface area contributed by atoms with Crippen LogP contribution in [-0.4, -0.2) is 29.0 Å². The van der Waals surface area contributed by atoms with Crippen LogP contribution in [0.3, 0.4) is 0 Å². The zero-order chi connectivity index (χ0) is 11.5. The molecule has 1 aromatic heterocycles. The number of methoxy groups -OCH3 is 2. The van der Waals surface area contributed by atoms with Crippen molar-refractivity contribution in [3.8, 4) is 22.9 Å². The third-order valence-corrected chi connectivity index (χ3v) is 2.24. The van der Waals surface area contributed by atoms with Gasteiger partial charge >= 0.3 is 0 Å². The maximum absolute atomic E-state index is 5.22. The maximum atomic E-state index is 5.22. The van der Waals surface area contributed by atoms with Gasteiger partial charge in [-0.3, -0.25) is 4.68 Å². The zero-order valence-electron chi connectivity index (χ0n) is 9.47. The quantitative estimate of drug-likeness (QED) is 0.785. The van der Waals surface area contributed by atoms with E-state index in [0.717, 1.165) is 5.56 Å². The van der Waals surface area contributed by atoms with Crippen LogP contribution in [-0.2, 0) is 7.05 Å². The minimum Gasteiger partial charge on any atom is -0.493 e. The summed E-state index contributed by atoms with van der Waals surface area (Å²) in [5, 5.41) is 4.22. The molecular weight excluding hydrogens is 206 g/mol. The Morgan fingerprint density at radius 2 is 1.88 bits per heavy atom. The van der Waals surface area contributed by atoms with Gasteiger partial charge in [0, 0.05) is 12.6 Å². The van der Waals surface area contributed by atoms with E-state index in [1.165, 1.54) is 0 Å². The molecule has 0 spiro atoms. The average molecular weight is 219 g/mol. The molecule has 0 atom stereocenters. The van der Waals surface area contributed by atoms with Gasteiger partial charge in [-0.1, -0.05) is 0 Å². The van der Waals surface area contributed by atoms with Crippen molar-refractivity contribution in [2.24, 2.45) is 7.05 Å². The van der Waals surface area contributed by atoms with Crippen LogP contribution in [0.2, 0.25) is 0 Å². The molecule has 5 nitrogen and oxygen atoms in total. The minimum absolute atomic E-state index is 0.670. The van der Waals surface area contributed by atoms with Crippen molar-refractivity contribution < 1.29 is 9.47 Å². The lowest BCUT2D eigenvalue weighted by molar-refractivity contribution is 0.355. The number of hydrogen-bond donors (Lipinski definition) is 0. The van der Waals surface area contributed by atoms with Crippen molar-refractivity contribution in [3.63, 3.8) is 0 Å². The standard InChI is InChI=1S/C11H13N3O2/c1-14-7-12-11(13-14)8-4-5-9(15-2)10(6-8)16-3/h4-7H,1-3H3. The number of benzene rings is 1. The number of aromatic nitrogens is 3. The second kappa shape index (κ2) is 4.22. The summed E-state index contributed by atoms with van der Waals surface area (Å²) >= 11 is 0. The maximum Gasteiger partial charge on any atom is 0.181 e. The van der Waals surface area contributed by atoms with E-state index < -0.39 is 0 Å². The van der Waals surface area contributed by atoms with Crippen molar-refractivity contribution in [1.82, 2.24) is 14.8 Å². The molecule has 0 N–H and O–H groups in total.